The largest absolute Gasteiger partial charge is 0.508 e. The number of H-pyrrole nitrogens is 1. The quantitative estimate of drug-likeness (QED) is 0.451. The molecule has 27 heavy (non-hydrogen) atoms. The van der Waals surface area contributed by atoms with E-state index in [0.29, 0.717) is 18.5 Å². The van der Waals surface area contributed by atoms with Gasteiger partial charge in [0.25, 0.3) is 5.69 Å². The van der Waals surface area contributed by atoms with E-state index in [-0.39, 0.29) is 11.4 Å². The number of nitro benzene ring substituents is 1. The first kappa shape index (κ1) is 18.2. The molecule has 3 N–H and O–H groups in total. The Morgan fingerprint density at radius 3 is 2.89 bits per heavy atom. The zero-order valence-corrected chi connectivity index (χ0v) is 14.6. The fraction of sp³-hybridized carbons (Fsp3) is 0.211. The number of benzene rings is 2. The van der Waals surface area contributed by atoms with Crippen LogP contribution >= 0.6 is 0 Å². The Labute approximate surface area is 154 Å². The number of para-hydroxylation sites is 1. The van der Waals surface area contributed by atoms with Gasteiger partial charge in [0, 0.05) is 29.7 Å². The van der Waals surface area contributed by atoms with Crippen LogP contribution in [-0.4, -0.2) is 27.7 Å². The smallest absolute Gasteiger partial charge is 0.407 e. The molecule has 3 rings (SSSR count). The summed E-state index contributed by atoms with van der Waals surface area (Å²) < 4.78 is 5.25. The number of aromatic hydroxyl groups is 1. The van der Waals surface area contributed by atoms with Crippen LogP contribution in [0.25, 0.3) is 10.9 Å². The number of amides is 1. The molecule has 0 bridgehead atoms. The van der Waals surface area contributed by atoms with E-state index in [9.17, 15) is 20.0 Å². The highest BCUT2D eigenvalue weighted by molar-refractivity contribution is 5.84. The lowest BCUT2D eigenvalue weighted by molar-refractivity contribution is -0.386. The summed E-state index contributed by atoms with van der Waals surface area (Å²) in [5.41, 5.74) is 2.10. The van der Waals surface area contributed by atoms with Gasteiger partial charge in [-0.15, -0.1) is 0 Å². The first-order valence-electron chi connectivity index (χ1n) is 8.42. The third kappa shape index (κ3) is 4.17. The van der Waals surface area contributed by atoms with Gasteiger partial charge in [-0.2, -0.15) is 0 Å². The van der Waals surface area contributed by atoms with Crippen LogP contribution in [-0.2, 0) is 11.2 Å². The monoisotopic (exact) mass is 369 g/mol. The summed E-state index contributed by atoms with van der Waals surface area (Å²) >= 11 is 0. The Morgan fingerprint density at radius 2 is 2.11 bits per heavy atom. The molecule has 1 aromatic heterocycles. The van der Waals surface area contributed by atoms with Crippen LogP contribution in [0.3, 0.4) is 0 Å². The van der Waals surface area contributed by atoms with Crippen LogP contribution < -0.4 is 5.32 Å². The van der Waals surface area contributed by atoms with Crippen LogP contribution in [0, 0.1) is 10.1 Å². The van der Waals surface area contributed by atoms with Gasteiger partial charge in [0.1, 0.15) is 11.9 Å². The van der Waals surface area contributed by atoms with Crippen molar-refractivity contribution in [2.24, 2.45) is 0 Å². The Hall–Kier alpha value is -3.55. The summed E-state index contributed by atoms with van der Waals surface area (Å²) in [6, 6.07) is 11.2. The zero-order chi connectivity index (χ0) is 19.4. The van der Waals surface area contributed by atoms with E-state index in [0.717, 1.165) is 16.5 Å². The first-order valence-corrected chi connectivity index (χ1v) is 8.42. The molecule has 2 aromatic carbocycles. The summed E-state index contributed by atoms with van der Waals surface area (Å²) in [4.78, 5) is 25.7. The number of aromatic amines is 1. The number of fused-ring (bicyclic) bond motifs is 1. The lowest BCUT2D eigenvalue weighted by atomic mass is 10.1. The number of carbonyl (C=O) groups excluding carboxylic acids is 1. The molecular weight excluding hydrogens is 350 g/mol. The van der Waals surface area contributed by atoms with Crippen LogP contribution in [0.15, 0.2) is 48.7 Å². The third-order valence-corrected chi connectivity index (χ3v) is 4.27. The topological polar surface area (TPSA) is 117 Å². The minimum absolute atomic E-state index is 0.0867. The number of nitro groups is 1. The van der Waals surface area contributed by atoms with Gasteiger partial charge in [-0.25, -0.2) is 4.79 Å². The number of hydrogen-bond acceptors (Lipinski definition) is 5. The van der Waals surface area contributed by atoms with Gasteiger partial charge in [-0.3, -0.25) is 10.1 Å². The molecule has 0 fully saturated rings. The summed E-state index contributed by atoms with van der Waals surface area (Å²) in [7, 11) is 0. The summed E-state index contributed by atoms with van der Waals surface area (Å²) in [6.07, 6.45) is 0.964. The van der Waals surface area contributed by atoms with Crippen molar-refractivity contribution < 1.29 is 19.6 Å². The minimum Gasteiger partial charge on any atom is -0.508 e. The molecule has 1 amide bonds. The van der Waals surface area contributed by atoms with Gasteiger partial charge in [0.15, 0.2) is 0 Å². The lowest BCUT2D eigenvalue weighted by Gasteiger charge is -2.14. The number of hydrogen-bond donors (Lipinski definition) is 3. The molecule has 3 aromatic rings. The van der Waals surface area contributed by atoms with Crippen LogP contribution in [0.5, 0.6) is 5.75 Å². The normalized spacial score (nSPS) is 11.9. The molecule has 1 heterocycles. The first-order chi connectivity index (χ1) is 13.0. The lowest BCUT2D eigenvalue weighted by Crippen LogP contribution is -2.27. The minimum atomic E-state index is -0.753. The Bertz CT molecular complexity index is 982. The van der Waals surface area contributed by atoms with Gasteiger partial charge < -0.3 is 20.1 Å². The van der Waals surface area contributed by atoms with Crippen molar-refractivity contribution in [3.05, 3.63) is 69.9 Å². The highest BCUT2D eigenvalue weighted by atomic mass is 16.6. The molecule has 0 aliphatic rings. The van der Waals surface area contributed by atoms with E-state index in [4.69, 9.17) is 4.74 Å². The average molecular weight is 369 g/mol. The SMILES string of the molecule is CC(OC(=O)NCCc1c[nH]c2ccc(O)cc12)c1ccccc1[N+](=O)[O-]. The Balaban J connectivity index is 1.57. The number of ether oxygens (including phenoxy) is 1. The van der Waals surface area contributed by atoms with Crippen LogP contribution in [0.1, 0.15) is 24.2 Å². The van der Waals surface area contributed by atoms with E-state index in [1.807, 2.05) is 6.20 Å². The van der Waals surface area contributed by atoms with E-state index in [1.54, 1.807) is 43.3 Å². The standard InChI is InChI=1S/C19H19N3O5/c1-12(15-4-2-3-5-18(15)22(25)26)27-19(24)20-9-8-13-11-21-17-7-6-14(23)10-16(13)17/h2-7,10-12,21,23H,8-9H2,1H3,(H,20,24). The summed E-state index contributed by atoms with van der Waals surface area (Å²) in [6.45, 7) is 1.91. The number of phenolic OH excluding ortho intramolecular Hbond substituents is 1. The Kier molecular flexibility index (Phi) is 5.25. The Morgan fingerprint density at radius 1 is 1.33 bits per heavy atom. The predicted octanol–water partition coefficient (Wildman–Crippen LogP) is 3.81. The second-order valence-corrected chi connectivity index (χ2v) is 6.08. The number of nitrogens with one attached hydrogen (secondary N) is 2. The number of carbonyl (C=O) groups is 1. The molecule has 0 aliphatic heterocycles. The highest BCUT2D eigenvalue weighted by Crippen LogP contribution is 2.27. The number of alkyl carbamates (subject to hydrolysis) is 1. The van der Waals surface area contributed by atoms with Gasteiger partial charge in [0.2, 0.25) is 0 Å². The molecule has 0 spiro atoms. The van der Waals surface area contributed by atoms with Crippen molar-refractivity contribution in [3.63, 3.8) is 0 Å². The zero-order valence-electron chi connectivity index (χ0n) is 14.6. The van der Waals surface area contributed by atoms with Crippen LogP contribution in [0.2, 0.25) is 0 Å². The van der Waals surface area contributed by atoms with Crippen molar-refractivity contribution in [2.75, 3.05) is 6.54 Å². The fourth-order valence-electron chi connectivity index (χ4n) is 2.94. The molecule has 8 nitrogen and oxygen atoms in total. The van der Waals surface area contributed by atoms with E-state index in [1.165, 1.54) is 6.07 Å². The maximum atomic E-state index is 12.0. The van der Waals surface area contributed by atoms with Gasteiger partial charge in [0.05, 0.1) is 10.5 Å². The molecule has 0 saturated carbocycles. The summed E-state index contributed by atoms with van der Waals surface area (Å²) in [5.74, 6) is 0.175. The van der Waals surface area contributed by atoms with E-state index < -0.39 is 17.1 Å². The summed E-state index contributed by atoms with van der Waals surface area (Å²) in [5, 5.41) is 24.2. The van der Waals surface area contributed by atoms with Gasteiger partial charge in [-0.05, 0) is 43.2 Å². The second kappa shape index (κ2) is 7.77. The number of nitrogens with zero attached hydrogens (tertiary/aromatic N) is 1. The fourth-order valence-corrected chi connectivity index (χ4v) is 2.94. The van der Waals surface area contributed by atoms with E-state index in [2.05, 4.69) is 10.3 Å². The molecule has 8 heteroatoms. The van der Waals surface area contributed by atoms with Crippen molar-refractivity contribution >= 4 is 22.7 Å². The van der Waals surface area contributed by atoms with Crippen molar-refractivity contribution in [1.29, 1.82) is 0 Å². The number of rotatable bonds is 6. The van der Waals surface area contributed by atoms with E-state index >= 15 is 0 Å². The maximum absolute atomic E-state index is 12.0. The maximum Gasteiger partial charge on any atom is 0.407 e. The molecule has 1 atom stereocenters. The number of phenols is 1. The molecular formula is C19H19N3O5. The molecule has 140 valence electrons. The van der Waals surface area contributed by atoms with Gasteiger partial charge >= 0.3 is 6.09 Å². The molecule has 0 saturated heterocycles. The predicted molar refractivity (Wildman–Crippen MR) is 99.7 cm³/mol. The van der Waals surface area contributed by atoms with Crippen molar-refractivity contribution in [3.8, 4) is 5.75 Å². The third-order valence-electron chi connectivity index (χ3n) is 4.27. The second-order valence-electron chi connectivity index (χ2n) is 6.08. The van der Waals surface area contributed by atoms with Crippen LogP contribution in [0.4, 0.5) is 10.5 Å². The van der Waals surface area contributed by atoms with Crippen molar-refractivity contribution in [1.82, 2.24) is 10.3 Å². The van der Waals surface area contributed by atoms with Crippen molar-refractivity contribution in [2.45, 2.75) is 19.4 Å². The highest BCUT2D eigenvalue weighted by Gasteiger charge is 2.21. The molecule has 1 unspecified atom stereocenters. The molecule has 0 aliphatic carbocycles. The van der Waals surface area contributed by atoms with Gasteiger partial charge in [-0.1, -0.05) is 12.1 Å². The molecule has 0 radical (unpaired) electrons. The number of aromatic nitrogens is 1. The average Bonchev–Trinajstić information content (AvgIpc) is 3.03.